The summed E-state index contributed by atoms with van der Waals surface area (Å²) in [6.07, 6.45) is 7.12. The summed E-state index contributed by atoms with van der Waals surface area (Å²) in [5.41, 5.74) is 0. The van der Waals surface area contributed by atoms with Crippen molar-refractivity contribution in [2.75, 3.05) is 63.1 Å². The third-order valence-electron chi connectivity index (χ3n) is 5.68. The van der Waals surface area contributed by atoms with Crippen LogP contribution in [0, 0.1) is 5.92 Å². The van der Waals surface area contributed by atoms with Crippen LogP contribution in [0.4, 0.5) is 11.6 Å². The first-order chi connectivity index (χ1) is 11.8. The van der Waals surface area contributed by atoms with Gasteiger partial charge in [0.15, 0.2) is 0 Å². The predicted molar refractivity (Wildman–Crippen MR) is 97.6 cm³/mol. The SMILES string of the molecule is CN1CCC[C@@H](N2CCN(c3cc(NCC4CC4)ncn3)CC2)C1. The topological polar surface area (TPSA) is 47.5 Å². The highest BCUT2D eigenvalue weighted by Crippen LogP contribution is 2.29. The van der Waals surface area contributed by atoms with Crippen LogP contribution in [-0.2, 0) is 0 Å². The number of hydrogen-bond donors (Lipinski definition) is 1. The van der Waals surface area contributed by atoms with Crippen LogP contribution in [0.1, 0.15) is 25.7 Å². The van der Waals surface area contributed by atoms with E-state index >= 15 is 0 Å². The van der Waals surface area contributed by atoms with Crippen LogP contribution in [0.15, 0.2) is 12.4 Å². The van der Waals surface area contributed by atoms with Gasteiger partial charge in [-0.1, -0.05) is 0 Å². The molecule has 1 atom stereocenters. The Hall–Kier alpha value is -1.40. The van der Waals surface area contributed by atoms with Crippen LogP contribution < -0.4 is 10.2 Å². The molecule has 1 N–H and O–H groups in total. The molecule has 1 aliphatic carbocycles. The van der Waals surface area contributed by atoms with E-state index in [0.29, 0.717) is 0 Å². The highest BCUT2D eigenvalue weighted by molar-refractivity contribution is 5.48. The fourth-order valence-electron chi connectivity index (χ4n) is 3.94. The molecule has 24 heavy (non-hydrogen) atoms. The lowest BCUT2D eigenvalue weighted by Gasteiger charge is -2.43. The fraction of sp³-hybridized carbons (Fsp3) is 0.778. The molecule has 1 saturated carbocycles. The van der Waals surface area contributed by atoms with E-state index in [9.17, 15) is 0 Å². The highest BCUT2D eigenvalue weighted by Gasteiger charge is 2.27. The van der Waals surface area contributed by atoms with Crippen LogP contribution in [0.5, 0.6) is 0 Å². The van der Waals surface area contributed by atoms with Gasteiger partial charge in [-0.3, -0.25) is 4.90 Å². The molecule has 3 fully saturated rings. The second-order valence-corrected chi connectivity index (χ2v) is 7.67. The van der Waals surface area contributed by atoms with Crippen molar-refractivity contribution in [1.29, 1.82) is 0 Å². The number of anilines is 2. The van der Waals surface area contributed by atoms with E-state index in [2.05, 4.69) is 43.1 Å². The van der Waals surface area contributed by atoms with Crippen LogP contribution in [0.3, 0.4) is 0 Å². The molecule has 2 saturated heterocycles. The number of hydrogen-bond acceptors (Lipinski definition) is 6. The lowest BCUT2D eigenvalue weighted by atomic mass is 10.0. The Morgan fingerprint density at radius 3 is 2.67 bits per heavy atom. The molecule has 0 unspecified atom stereocenters. The van der Waals surface area contributed by atoms with Crippen molar-refractivity contribution in [3.8, 4) is 0 Å². The summed E-state index contributed by atoms with van der Waals surface area (Å²) in [6, 6.07) is 2.86. The zero-order chi connectivity index (χ0) is 16.4. The molecule has 2 aliphatic heterocycles. The number of likely N-dealkylation sites (N-methyl/N-ethyl adjacent to an activating group) is 1. The van der Waals surface area contributed by atoms with Gasteiger partial charge in [0.1, 0.15) is 18.0 Å². The molecule has 6 heteroatoms. The maximum atomic E-state index is 4.50. The number of likely N-dealkylation sites (tertiary alicyclic amines) is 1. The lowest BCUT2D eigenvalue weighted by Crippen LogP contribution is -2.54. The zero-order valence-corrected chi connectivity index (χ0v) is 14.8. The van der Waals surface area contributed by atoms with Gasteiger partial charge in [-0.2, -0.15) is 0 Å². The van der Waals surface area contributed by atoms with Gasteiger partial charge in [-0.25, -0.2) is 9.97 Å². The van der Waals surface area contributed by atoms with Gasteiger partial charge < -0.3 is 15.1 Å². The average Bonchev–Trinajstić information content (AvgIpc) is 3.45. The molecule has 3 heterocycles. The van der Waals surface area contributed by atoms with Crippen LogP contribution in [0.25, 0.3) is 0 Å². The van der Waals surface area contributed by atoms with Gasteiger partial charge in [0.2, 0.25) is 0 Å². The number of nitrogens with zero attached hydrogens (tertiary/aromatic N) is 5. The molecule has 3 aliphatic rings. The Kier molecular flexibility index (Phi) is 4.85. The second-order valence-electron chi connectivity index (χ2n) is 7.67. The Labute approximate surface area is 145 Å². The molecule has 4 rings (SSSR count). The van der Waals surface area contributed by atoms with Crippen molar-refractivity contribution in [3.63, 3.8) is 0 Å². The first-order valence-electron chi connectivity index (χ1n) is 9.51. The molecule has 0 radical (unpaired) electrons. The van der Waals surface area contributed by atoms with Gasteiger partial charge >= 0.3 is 0 Å². The zero-order valence-electron chi connectivity index (χ0n) is 14.8. The first-order valence-corrected chi connectivity index (χ1v) is 9.51. The van der Waals surface area contributed by atoms with E-state index in [1.165, 1.54) is 38.8 Å². The summed E-state index contributed by atoms with van der Waals surface area (Å²) in [7, 11) is 2.25. The summed E-state index contributed by atoms with van der Waals surface area (Å²) in [5.74, 6) is 2.91. The second kappa shape index (κ2) is 7.23. The van der Waals surface area contributed by atoms with Crippen molar-refractivity contribution in [3.05, 3.63) is 12.4 Å². The smallest absolute Gasteiger partial charge is 0.134 e. The molecule has 0 aromatic carbocycles. The van der Waals surface area contributed by atoms with Crippen molar-refractivity contribution in [2.24, 2.45) is 5.92 Å². The average molecular weight is 330 g/mol. The minimum absolute atomic E-state index is 0.743. The third kappa shape index (κ3) is 3.98. The number of nitrogens with one attached hydrogen (secondary N) is 1. The Balaban J connectivity index is 1.31. The van der Waals surface area contributed by atoms with E-state index in [1.54, 1.807) is 6.33 Å². The van der Waals surface area contributed by atoms with E-state index in [1.807, 2.05) is 0 Å². The molecule has 0 spiro atoms. The molecule has 0 amide bonds. The Bertz CT molecular complexity index is 538. The Morgan fingerprint density at radius 2 is 1.92 bits per heavy atom. The monoisotopic (exact) mass is 330 g/mol. The van der Waals surface area contributed by atoms with E-state index in [-0.39, 0.29) is 0 Å². The van der Waals surface area contributed by atoms with E-state index < -0.39 is 0 Å². The molecule has 6 nitrogen and oxygen atoms in total. The van der Waals surface area contributed by atoms with E-state index in [4.69, 9.17) is 0 Å². The van der Waals surface area contributed by atoms with Gasteiger partial charge in [-0.05, 0) is 45.2 Å². The maximum absolute atomic E-state index is 4.50. The van der Waals surface area contributed by atoms with Gasteiger partial charge in [0.05, 0.1) is 0 Å². The van der Waals surface area contributed by atoms with Gasteiger partial charge in [0, 0.05) is 51.4 Å². The number of aromatic nitrogens is 2. The lowest BCUT2D eigenvalue weighted by molar-refractivity contribution is 0.106. The maximum Gasteiger partial charge on any atom is 0.134 e. The third-order valence-corrected chi connectivity index (χ3v) is 5.68. The molecule has 1 aromatic rings. The number of piperidine rings is 1. The normalized spacial score (nSPS) is 26.5. The largest absolute Gasteiger partial charge is 0.370 e. The minimum atomic E-state index is 0.743. The molecular formula is C18H30N6. The predicted octanol–water partition coefficient (Wildman–Crippen LogP) is 1.51. The molecule has 0 bridgehead atoms. The van der Waals surface area contributed by atoms with Crippen molar-refractivity contribution < 1.29 is 0 Å². The fourth-order valence-corrected chi connectivity index (χ4v) is 3.94. The van der Waals surface area contributed by atoms with Gasteiger partial charge in [-0.15, -0.1) is 0 Å². The van der Waals surface area contributed by atoms with Crippen molar-refractivity contribution >= 4 is 11.6 Å². The summed E-state index contributed by atoms with van der Waals surface area (Å²) < 4.78 is 0. The molecule has 1 aromatic heterocycles. The summed E-state index contributed by atoms with van der Waals surface area (Å²) in [5, 5.41) is 3.46. The number of piperazine rings is 1. The standard InChI is InChI=1S/C18H30N6/c1-22-6-2-3-16(13-22)23-7-9-24(10-8-23)18-11-17(20-14-21-18)19-12-15-4-5-15/h11,14-16H,2-10,12-13H2,1H3,(H,19,20,21)/t16-/m1/s1. The minimum Gasteiger partial charge on any atom is -0.370 e. The van der Waals surface area contributed by atoms with Crippen LogP contribution in [-0.4, -0.2) is 78.7 Å². The first kappa shape index (κ1) is 16.1. The summed E-state index contributed by atoms with van der Waals surface area (Å²) >= 11 is 0. The highest BCUT2D eigenvalue weighted by atomic mass is 15.3. The number of rotatable bonds is 5. The van der Waals surface area contributed by atoms with Crippen molar-refractivity contribution in [1.82, 2.24) is 19.8 Å². The quantitative estimate of drug-likeness (QED) is 0.883. The Morgan fingerprint density at radius 1 is 1.08 bits per heavy atom. The van der Waals surface area contributed by atoms with Crippen LogP contribution in [0.2, 0.25) is 0 Å². The molecular weight excluding hydrogens is 300 g/mol. The summed E-state index contributed by atoms with van der Waals surface area (Å²) in [4.78, 5) is 16.4. The van der Waals surface area contributed by atoms with Crippen molar-refractivity contribution in [2.45, 2.75) is 31.7 Å². The molecule has 132 valence electrons. The van der Waals surface area contributed by atoms with Crippen LogP contribution >= 0.6 is 0 Å². The van der Waals surface area contributed by atoms with E-state index in [0.717, 1.165) is 56.3 Å². The summed E-state index contributed by atoms with van der Waals surface area (Å²) in [6.45, 7) is 7.97. The van der Waals surface area contributed by atoms with Gasteiger partial charge in [0.25, 0.3) is 0 Å².